The average Bonchev–Trinajstić information content (AvgIpc) is 3.08. The van der Waals surface area contributed by atoms with Crippen LogP contribution in [0.5, 0.6) is 0 Å². The maximum atomic E-state index is 12.3. The fraction of sp³-hybridized carbons (Fsp3) is 0.500. The van der Waals surface area contributed by atoms with Gasteiger partial charge in [-0.15, -0.1) is 0 Å². The summed E-state index contributed by atoms with van der Waals surface area (Å²) in [5, 5.41) is 12.5. The highest BCUT2D eigenvalue weighted by Gasteiger charge is 2.35. The predicted molar refractivity (Wildman–Crippen MR) is 123 cm³/mol. The lowest BCUT2D eigenvalue weighted by Crippen LogP contribution is -2.49. The molecule has 0 saturated carbocycles. The van der Waals surface area contributed by atoms with E-state index in [-0.39, 0.29) is 5.56 Å². The Morgan fingerprint density at radius 1 is 0.968 bits per heavy atom. The fourth-order valence-corrected chi connectivity index (χ4v) is 6.51. The van der Waals surface area contributed by atoms with Gasteiger partial charge in [0, 0.05) is 60.5 Å². The summed E-state index contributed by atoms with van der Waals surface area (Å²) in [4.78, 5) is 14.7. The van der Waals surface area contributed by atoms with Gasteiger partial charge >= 0.3 is 0 Å². The number of aromatic nitrogens is 2. The summed E-state index contributed by atoms with van der Waals surface area (Å²) in [5.41, 5.74) is 5.52. The van der Waals surface area contributed by atoms with Gasteiger partial charge in [-0.3, -0.25) is 9.69 Å². The molecule has 2 bridgehead atoms. The molecular formula is C26H31N3O2. The number of likely N-dealkylation sites (tertiary alicyclic amines) is 1. The van der Waals surface area contributed by atoms with Gasteiger partial charge in [-0.05, 0) is 55.7 Å². The second kappa shape index (κ2) is 7.64. The Morgan fingerprint density at radius 3 is 2.77 bits per heavy atom. The van der Waals surface area contributed by atoms with Crippen LogP contribution in [0.3, 0.4) is 0 Å². The zero-order chi connectivity index (χ0) is 20.9. The van der Waals surface area contributed by atoms with Crippen LogP contribution in [0.2, 0.25) is 0 Å². The number of pyridine rings is 1. The van der Waals surface area contributed by atoms with E-state index >= 15 is 0 Å². The summed E-state index contributed by atoms with van der Waals surface area (Å²) in [6.07, 6.45) is 5.56. The number of aryl methyl sites for hydroxylation is 1. The van der Waals surface area contributed by atoms with Gasteiger partial charge in [0.05, 0.1) is 12.6 Å². The number of nitrogens with zero attached hydrogens (tertiary/aromatic N) is 3. The maximum Gasteiger partial charge on any atom is 0.250 e. The van der Waals surface area contributed by atoms with Crippen LogP contribution >= 0.6 is 0 Å². The summed E-state index contributed by atoms with van der Waals surface area (Å²) >= 11 is 0. The Balaban J connectivity index is 1.21. The van der Waals surface area contributed by atoms with Gasteiger partial charge in [-0.1, -0.05) is 24.3 Å². The number of fused-ring (bicyclic) bond motifs is 7. The minimum atomic E-state index is -0.390. The number of aliphatic hydroxyl groups excluding tert-OH is 1. The Labute approximate surface area is 182 Å². The molecule has 1 aliphatic carbocycles. The summed E-state index contributed by atoms with van der Waals surface area (Å²) in [7, 11) is 0. The molecule has 1 fully saturated rings. The number of hydrogen-bond acceptors (Lipinski definition) is 3. The SMILES string of the molecule is O=c1cccc2n1C[C@H]1C[C@@H]2CN(CC(O)Cn2c3c(c4ccccc42)CCCC3)C1. The first-order chi connectivity index (χ1) is 15.2. The molecule has 0 spiro atoms. The van der Waals surface area contributed by atoms with E-state index in [2.05, 4.69) is 39.8 Å². The van der Waals surface area contributed by atoms with E-state index in [4.69, 9.17) is 0 Å². The van der Waals surface area contributed by atoms with Crippen LogP contribution in [0.15, 0.2) is 47.3 Å². The largest absolute Gasteiger partial charge is 0.390 e. The van der Waals surface area contributed by atoms with Crippen molar-refractivity contribution in [1.82, 2.24) is 14.0 Å². The zero-order valence-electron chi connectivity index (χ0n) is 18.0. The van der Waals surface area contributed by atoms with Gasteiger partial charge in [0.25, 0.3) is 5.56 Å². The van der Waals surface area contributed by atoms with Crippen molar-refractivity contribution in [3.63, 3.8) is 0 Å². The number of rotatable bonds is 4. The number of aliphatic hydroxyl groups is 1. The third kappa shape index (κ3) is 3.35. The molecule has 1 saturated heterocycles. The highest BCUT2D eigenvalue weighted by Crippen LogP contribution is 2.35. The van der Waals surface area contributed by atoms with Crippen LogP contribution < -0.4 is 5.56 Å². The minimum Gasteiger partial charge on any atom is -0.390 e. The van der Waals surface area contributed by atoms with Crippen molar-refractivity contribution in [1.29, 1.82) is 0 Å². The lowest BCUT2D eigenvalue weighted by Gasteiger charge is -2.43. The van der Waals surface area contributed by atoms with Gasteiger partial charge in [-0.25, -0.2) is 0 Å². The molecule has 2 aliphatic heterocycles. The molecule has 2 aromatic heterocycles. The number of β-amino-alcohol motifs (C(OH)–C–C–N with tert-alkyl or cyclic N) is 1. The van der Waals surface area contributed by atoms with Crippen LogP contribution in [0, 0.1) is 5.92 Å². The van der Waals surface area contributed by atoms with E-state index in [9.17, 15) is 9.90 Å². The standard InChI is InChI=1S/C26H31N3O2/c30-20(17-28-24-8-3-1-6-21(24)22-7-2-4-9-25(22)28)16-27-13-18-12-19(15-27)23-10-5-11-26(31)29(23)14-18/h1,3,5-6,8,10-11,18-20,30H,2,4,7,9,12-17H2/t18-,19+,20?/m0/s1. The number of hydrogen-bond donors (Lipinski definition) is 1. The second-order valence-electron chi connectivity index (χ2n) is 9.83. The van der Waals surface area contributed by atoms with Crippen molar-refractivity contribution in [3.05, 3.63) is 69.8 Å². The van der Waals surface area contributed by atoms with E-state index in [1.54, 1.807) is 6.07 Å². The molecule has 4 heterocycles. The molecule has 162 valence electrons. The van der Waals surface area contributed by atoms with Crippen LogP contribution in [0.4, 0.5) is 0 Å². The summed E-state index contributed by atoms with van der Waals surface area (Å²) < 4.78 is 4.37. The Bertz CT molecular complexity index is 1180. The molecule has 1 aromatic carbocycles. The van der Waals surface area contributed by atoms with Crippen molar-refractivity contribution in [3.8, 4) is 0 Å². The topological polar surface area (TPSA) is 50.4 Å². The Morgan fingerprint density at radius 2 is 1.84 bits per heavy atom. The van der Waals surface area contributed by atoms with Crippen molar-refractivity contribution in [2.24, 2.45) is 5.92 Å². The summed E-state index contributed by atoms with van der Waals surface area (Å²) in [6.45, 7) is 4.08. The first-order valence-corrected chi connectivity index (χ1v) is 11.9. The third-order valence-corrected chi connectivity index (χ3v) is 7.70. The Kier molecular flexibility index (Phi) is 4.77. The van der Waals surface area contributed by atoms with Crippen molar-refractivity contribution in [2.45, 2.75) is 57.2 Å². The molecular weight excluding hydrogens is 386 g/mol. The highest BCUT2D eigenvalue weighted by atomic mass is 16.3. The van der Waals surface area contributed by atoms with E-state index < -0.39 is 6.10 Å². The third-order valence-electron chi connectivity index (χ3n) is 7.70. The van der Waals surface area contributed by atoms with Gasteiger partial charge in [0.15, 0.2) is 0 Å². The quantitative estimate of drug-likeness (QED) is 0.710. The van der Waals surface area contributed by atoms with Gasteiger partial charge in [0.1, 0.15) is 0 Å². The molecule has 3 aliphatic rings. The second-order valence-corrected chi connectivity index (χ2v) is 9.83. The molecule has 3 aromatic rings. The molecule has 31 heavy (non-hydrogen) atoms. The summed E-state index contributed by atoms with van der Waals surface area (Å²) in [5.74, 6) is 0.896. The molecule has 1 unspecified atom stereocenters. The minimum absolute atomic E-state index is 0.130. The van der Waals surface area contributed by atoms with E-state index in [1.807, 2.05) is 10.6 Å². The zero-order valence-corrected chi connectivity index (χ0v) is 18.0. The van der Waals surface area contributed by atoms with E-state index in [0.29, 0.717) is 24.9 Å². The van der Waals surface area contributed by atoms with Crippen LogP contribution in [-0.4, -0.2) is 44.9 Å². The number of para-hydroxylation sites is 1. The lowest BCUT2D eigenvalue weighted by atomic mass is 9.83. The normalized spacial score (nSPS) is 24.0. The van der Waals surface area contributed by atoms with Crippen LogP contribution in [0.25, 0.3) is 10.9 Å². The molecule has 0 amide bonds. The lowest BCUT2D eigenvalue weighted by molar-refractivity contribution is 0.0549. The maximum absolute atomic E-state index is 12.3. The van der Waals surface area contributed by atoms with Crippen molar-refractivity contribution in [2.75, 3.05) is 19.6 Å². The first kappa shape index (κ1) is 19.3. The van der Waals surface area contributed by atoms with Crippen molar-refractivity contribution >= 4 is 10.9 Å². The van der Waals surface area contributed by atoms with E-state index in [1.165, 1.54) is 40.7 Å². The molecule has 5 heteroatoms. The summed E-state index contributed by atoms with van der Waals surface area (Å²) in [6, 6.07) is 14.4. The van der Waals surface area contributed by atoms with Crippen LogP contribution in [0.1, 0.15) is 42.1 Å². The predicted octanol–water partition coefficient (Wildman–Crippen LogP) is 3.16. The van der Waals surface area contributed by atoms with Gasteiger partial charge < -0.3 is 14.2 Å². The fourth-order valence-electron chi connectivity index (χ4n) is 6.51. The molecule has 1 N–H and O–H groups in total. The Hall–Kier alpha value is -2.37. The number of benzene rings is 1. The molecule has 6 rings (SSSR count). The molecule has 0 radical (unpaired) electrons. The number of piperidine rings is 1. The molecule has 3 atom stereocenters. The van der Waals surface area contributed by atoms with Gasteiger partial charge in [-0.2, -0.15) is 0 Å². The van der Waals surface area contributed by atoms with Gasteiger partial charge in [0.2, 0.25) is 0 Å². The average molecular weight is 418 g/mol. The first-order valence-electron chi connectivity index (χ1n) is 11.9. The van der Waals surface area contributed by atoms with Crippen molar-refractivity contribution < 1.29 is 5.11 Å². The monoisotopic (exact) mass is 417 g/mol. The van der Waals surface area contributed by atoms with Crippen LogP contribution in [-0.2, 0) is 25.9 Å². The van der Waals surface area contributed by atoms with E-state index in [0.717, 1.165) is 38.9 Å². The highest BCUT2D eigenvalue weighted by molar-refractivity contribution is 5.85. The molecule has 5 nitrogen and oxygen atoms in total. The smallest absolute Gasteiger partial charge is 0.250 e.